The van der Waals surface area contributed by atoms with Gasteiger partial charge in [-0.05, 0) is 68.4 Å². The number of urea groups is 1. The lowest BCUT2D eigenvalue weighted by Crippen LogP contribution is -2.50. The quantitative estimate of drug-likeness (QED) is 0.220. The molecule has 0 saturated carbocycles. The molecule has 0 aromatic heterocycles. The van der Waals surface area contributed by atoms with Gasteiger partial charge in [0.05, 0.1) is 5.75 Å². The molecule has 3 rings (SSSR count). The molecule has 3 N–H and O–H groups in total. The van der Waals surface area contributed by atoms with Crippen molar-refractivity contribution in [2.24, 2.45) is 10.7 Å². The maximum atomic E-state index is 13.2. The molecule has 0 aliphatic carbocycles. The van der Waals surface area contributed by atoms with Gasteiger partial charge in [-0.1, -0.05) is 71.1 Å². The number of nitrogens with one attached hydrogen (secondary N) is 1. The van der Waals surface area contributed by atoms with Gasteiger partial charge in [-0.3, -0.25) is 14.7 Å². The Kier molecular flexibility index (Phi) is 12.8. The molecule has 3 amide bonds. The summed E-state index contributed by atoms with van der Waals surface area (Å²) in [5.41, 5.74) is 8.06. The van der Waals surface area contributed by atoms with Gasteiger partial charge in [0.15, 0.2) is 0 Å². The molecule has 42 heavy (non-hydrogen) atoms. The Balaban J connectivity index is 1.42. The minimum absolute atomic E-state index is 0.00768. The fourth-order valence-electron chi connectivity index (χ4n) is 6.18. The lowest BCUT2D eigenvalue weighted by molar-refractivity contribution is -0.124. The Morgan fingerprint density at radius 3 is 2.00 bits per heavy atom. The summed E-state index contributed by atoms with van der Waals surface area (Å²) in [6.07, 6.45) is 16.0. The van der Waals surface area contributed by atoms with E-state index in [4.69, 9.17) is 10.7 Å². The number of primary amides is 1. The Hall–Kier alpha value is -2.46. The maximum absolute atomic E-state index is 13.2. The zero-order chi connectivity index (χ0) is 30.8. The third-order valence-electron chi connectivity index (χ3n) is 9.00. The highest BCUT2D eigenvalue weighted by molar-refractivity contribution is 7.89. The van der Waals surface area contributed by atoms with Crippen molar-refractivity contribution in [1.82, 2.24) is 9.62 Å². The molecule has 1 aromatic rings. The number of benzene rings is 1. The van der Waals surface area contributed by atoms with Gasteiger partial charge in [-0.15, -0.1) is 0 Å². The lowest BCUT2D eigenvalue weighted by atomic mass is 9.89. The van der Waals surface area contributed by atoms with E-state index in [-0.39, 0.29) is 11.7 Å². The van der Waals surface area contributed by atoms with E-state index in [0.29, 0.717) is 38.0 Å². The number of amidine groups is 1. The number of nitrogens with zero attached hydrogens (tertiary/aromatic N) is 3. The number of hydrogen-bond acceptors (Lipinski definition) is 5. The number of aryl methyl sites for hydroxylation is 2. The van der Waals surface area contributed by atoms with Gasteiger partial charge in [-0.2, -0.15) is 0 Å². The molecule has 0 atom stereocenters. The molecule has 2 aliphatic rings. The number of carbonyl (C=O) groups excluding carboxylic acids is 2. The SMILES string of the molecule is CCCCCCCCCCCCCC1=NC2(CCN(S(=O)(=O)CCc3c(C)cc(N(C)C(N)=O)cc3C)CC2)C(=O)N1. The molecule has 1 spiro atoms. The van der Waals surface area contributed by atoms with Crippen LogP contribution < -0.4 is 16.0 Å². The fourth-order valence-corrected chi connectivity index (χ4v) is 7.64. The number of piperidine rings is 1. The normalized spacial score (nSPS) is 17.0. The molecule has 9 nitrogen and oxygen atoms in total. The van der Waals surface area contributed by atoms with Crippen LogP contribution in [-0.2, 0) is 21.2 Å². The first kappa shape index (κ1) is 34.0. The smallest absolute Gasteiger partial charge is 0.318 e. The van der Waals surface area contributed by atoms with E-state index < -0.39 is 21.6 Å². The molecule has 1 saturated heterocycles. The number of aliphatic imine (C=N–C) groups is 1. The van der Waals surface area contributed by atoms with Crippen LogP contribution in [0.3, 0.4) is 0 Å². The summed E-state index contributed by atoms with van der Waals surface area (Å²) in [5, 5.41) is 2.99. The summed E-state index contributed by atoms with van der Waals surface area (Å²) in [4.78, 5) is 30.6. The first-order chi connectivity index (χ1) is 20.0. The third-order valence-corrected chi connectivity index (χ3v) is 10.9. The van der Waals surface area contributed by atoms with E-state index in [1.54, 1.807) is 7.05 Å². The van der Waals surface area contributed by atoms with Crippen LogP contribution in [0.25, 0.3) is 0 Å². The zero-order valence-electron chi connectivity index (χ0n) is 26.3. The largest absolute Gasteiger partial charge is 0.351 e. The summed E-state index contributed by atoms with van der Waals surface area (Å²) in [7, 11) is -1.89. The molecule has 2 aliphatic heterocycles. The van der Waals surface area contributed by atoms with Gasteiger partial charge in [0.2, 0.25) is 10.0 Å². The van der Waals surface area contributed by atoms with Crippen LogP contribution in [-0.4, -0.2) is 61.9 Å². The number of nitrogens with two attached hydrogens (primary N) is 1. The maximum Gasteiger partial charge on any atom is 0.318 e. The van der Waals surface area contributed by atoms with Crippen molar-refractivity contribution in [3.63, 3.8) is 0 Å². The predicted octanol–water partition coefficient (Wildman–Crippen LogP) is 5.75. The topological polar surface area (TPSA) is 125 Å². The number of unbranched alkanes of at least 4 members (excludes halogenated alkanes) is 10. The Morgan fingerprint density at radius 1 is 0.952 bits per heavy atom. The second-order valence-corrected chi connectivity index (χ2v) is 14.3. The molecule has 2 heterocycles. The molecule has 0 unspecified atom stereocenters. The highest BCUT2D eigenvalue weighted by Gasteiger charge is 2.47. The van der Waals surface area contributed by atoms with Crippen molar-refractivity contribution in [2.45, 2.75) is 123 Å². The van der Waals surface area contributed by atoms with Crippen molar-refractivity contribution < 1.29 is 18.0 Å². The van der Waals surface area contributed by atoms with Crippen molar-refractivity contribution >= 4 is 33.5 Å². The highest BCUT2D eigenvalue weighted by Crippen LogP contribution is 2.32. The minimum atomic E-state index is -3.50. The standard InChI is InChI=1S/C32H53N5O4S/c1-5-6-7-8-9-10-11-12-13-14-15-16-29-34-30(38)32(35-29)18-20-37(21-19-32)42(40,41)22-17-28-25(2)23-27(24-26(28)3)36(4)31(33)39/h23-24H,5-22H2,1-4H3,(H2,33,39)(H,34,35,38). The first-order valence-corrected chi connectivity index (χ1v) is 17.6. The third kappa shape index (κ3) is 9.27. The van der Waals surface area contributed by atoms with E-state index in [0.717, 1.165) is 41.8 Å². The van der Waals surface area contributed by atoms with E-state index in [1.165, 1.54) is 67.0 Å². The van der Waals surface area contributed by atoms with Crippen LogP contribution in [0.1, 0.15) is 114 Å². The number of anilines is 1. The van der Waals surface area contributed by atoms with Crippen LogP contribution in [0.2, 0.25) is 0 Å². The average molecular weight is 604 g/mol. The summed E-state index contributed by atoms with van der Waals surface area (Å²) in [5.74, 6) is 0.681. The number of carbonyl (C=O) groups is 2. The lowest BCUT2D eigenvalue weighted by Gasteiger charge is -2.34. The molecular weight excluding hydrogens is 550 g/mol. The van der Waals surface area contributed by atoms with Gasteiger partial charge >= 0.3 is 6.03 Å². The number of hydrogen-bond donors (Lipinski definition) is 2. The van der Waals surface area contributed by atoms with E-state index in [9.17, 15) is 18.0 Å². The Labute approximate surface area is 253 Å². The van der Waals surface area contributed by atoms with Crippen LogP contribution in [0.4, 0.5) is 10.5 Å². The van der Waals surface area contributed by atoms with Crippen molar-refractivity contribution in [3.8, 4) is 0 Å². The van der Waals surface area contributed by atoms with Crippen molar-refractivity contribution in [1.29, 1.82) is 0 Å². The predicted molar refractivity (Wildman–Crippen MR) is 172 cm³/mol. The first-order valence-electron chi connectivity index (χ1n) is 16.0. The van der Waals surface area contributed by atoms with Crippen LogP contribution >= 0.6 is 0 Å². The minimum Gasteiger partial charge on any atom is -0.351 e. The molecule has 1 fully saturated rings. The summed E-state index contributed by atoms with van der Waals surface area (Å²) in [6, 6.07) is 3.16. The molecule has 236 valence electrons. The molecule has 1 aromatic carbocycles. The van der Waals surface area contributed by atoms with E-state index in [2.05, 4.69) is 12.2 Å². The molecule has 0 radical (unpaired) electrons. The van der Waals surface area contributed by atoms with Gasteiger partial charge in [0.1, 0.15) is 11.4 Å². The Morgan fingerprint density at radius 2 is 1.48 bits per heavy atom. The number of sulfonamides is 1. The molecule has 10 heteroatoms. The second kappa shape index (κ2) is 15.8. The second-order valence-electron chi connectivity index (χ2n) is 12.3. The Bertz CT molecular complexity index is 1180. The van der Waals surface area contributed by atoms with Gasteiger partial charge in [0, 0.05) is 32.2 Å². The van der Waals surface area contributed by atoms with Crippen molar-refractivity contribution in [3.05, 3.63) is 28.8 Å². The summed E-state index contributed by atoms with van der Waals surface area (Å²) < 4.78 is 28.0. The van der Waals surface area contributed by atoms with Crippen LogP contribution in [0.15, 0.2) is 17.1 Å². The fraction of sp³-hybridized carbons (Fsp3) is 0.719. The molecule has 0 bridgehead atoms. The average Bonchev–Trinajstić information content (AvgIpc) is 3.24. The summed E-state index contributed by atoms with van der Waals surface area (Å²) in [6.45, 7) is 6.68. The van der Waals surface area contributed by atoms with Gasteiger partial charge in [0.25, 0.3) is 5.91 Å². The van der Waals surface area contributed by atoms with E-state index in [1.807, 2.05) is 26.0 Å². The van der Waals surface area contributed by atoms with E-state index >= 15 is 0 Å². The highest BCUT2D eigenvalue weighted by atomic mass is 32.2. The molecular formula is C32H53N5O4S. The van der Waals surface area contributed by atoms with Crippen LogP contribution in [0, 0.1) is 13.8 Å². The van der Waals surface area contributed by atoms with Crippen molar-refractivity contribution in [2.75, 3.05) is 30.8 Å². The van der Waals surface area contributed by atoms with Gasteiger partial charge < -0.3 is 11.1 Å². The zero-order valence-corrected chi connectivity index (χ0v) is 27.2. The summed E-state index contributed by atoms with van der Waals surface area (Å²) >= 11 is 0. The number of rotatable bonds is 17. The monoisotopic (exact) mass is 603 g/mol. The van der Waals surface area contributed by atoms with Crippen LogP contribution in [0.5, 0.6) is 0 Å². The number of amides is 3. The van der Waals surface area contributed by atoms with Gasteiger partial charge in [-0.25, -0.2) is 17.5 Å².